The number of aromatic hydroxyl groups is 1. The SMILES string of the molecule is O=S(=O)([O-])c1ccc2c(N=Nc3ccc(S(=O)(=O)O)c4ccccc34)c(O)c(S(=O)(=O)O)cc2c1.[Na+]. The van der Waals surface area contributed by atoms with Gasteiger partial charge in [0.25, 0.3) is 20.2 Å². The van der Waals surface area contributed by atoms with Crippen LogP contribution in [0.2, 0.25) is 0 Å². The fraction of sp³-hybridized carbons (Fsp3) is 0. The Kier molecular flexibility index (Phi) is 7.63. The Bertz CT molecular complexity index is 1890. The Hall–Kier alpha value is -2.47. The third-order valence-corrected chi connectivity index (χ3v) is 7.60. The molecule has 12 nitrogen and oxygen atoms in total. The Morgan fingerprint density at radius 1 is 0.694 bits per heavy atom. The van der Waals surface area contributed by atoms with Crippen molar-refractivity contribution in [1.82, 2.24) is 0 Å². The van der Waals surface area contributed by atoms with Crippen LogP contribution in [0.1, 0.15) is 0 Å². The molecule has 4 aromatic carbocycles. The summed E-state index contributed by atoms with van der Waals surface area (Å²) in [5, 5.41) is 18.5. The molecule has 4 rings (SSSR count). The molecule has 0 radical (unpaired) electrons. The van der Waals surface area contributed by atoms with Crippen LogP contribution in [-0.4, -0.2) is 44.0 Å². The second kappa shape index (κ2) is 9.77. The first kappa shape index (κ1) is 28.1. The Morgan fingerprint density at radius 2 is 1.31 bits per heavy atom. The topological polar surface area (TPSA) is 211 Å². The summed E-state index contributed by atoms with van der Waals surface area (Å²) in [6.45, 7) is 0. The van der Waals surface area contributed by atoms with Gasteiger partial charge in [0.1, 0.15) is 25.6 Å². The summed E-state index contributed by atoms with van der Waals surface area (Å²) >= 11 is 0. The number of hydrogen-bond acceptors (Lipinski definition) is 10. The quantitative estimate of drug-likeness (QED) is 0.175. The van der Waals surface area contributed by atoms with Crippen molar-refractivity contribution in [3.63, 3.8) is 0 Å². The number of azo groups is 1. The van der Waals surface area contributed by atoms with Gasteiger partial charge in [-0.05, 0) is 35.7 Å². The number of nitrogens with zero attached hydrogens (tertiary/aromatic N) is 2. The van der Waals surface area contributed by atoms with Crippen LogP contribution in [0.4, 0.5) is 11.4 Å². The van der Waals surface area contributed by atoms with E-state index in [4.69, 9.17) is 0 Å². The zero-order valence-electron chi connectivity index (χ0n) is 18.1. The minimum atomic E-state index is -5.01. The zero-order valence-corrected chi connectivity index (χ0v) is 22.5. The molecule has 0 heterocycles. The normalized spacial score (nSPS) is 12.8. The van der Waals surface area contributed by atoms with Crippen LogP contribution in [0, 0.1) is 0 Å². The van der Waals surface area contributed by atoms with Crippen LogP contribution in [-0.2, 0) is 30.4 Å². The number of phenols is 1. The van der Waals surface area contributed by atoms with Crippen LogP contribution in [0.5, 0.6) is 5.75 Å². The van der Waals surface area contributed by atoms with E-state index < -0.39 is 51.6 Å². The molecule has 4 aromatic rings. The fourth-order valence-corrected chi connectivity index (χ4v) is 5.27. The average Bonchev–Trinajstić information content (AvgIpc) is 2.75. The largest absolute Gasteiger partial charge is 1.00 e. The van der Waals surface area contributed by atoms with Gasteiger partial charge in [-0.1, -0.05) is 30.3 Å². The molecule has 0 aromatic heterocycles. The Balaban J connectivity index is 0.00000361. The van der Waals surface area contributed by atoms with Crippen LogP contribution in [0.15, 0.2) is 85.6 Å². The molecule has 16 heteroatoms. The summed E-state index contributed by atoms with van der Waals surface area (Å²) in [7, 11) is -14.5. The summed E-state index contributed by atoms with van der Waals surface area (Å²) in [4.78, 5) is -2.09. The van der Waals surface area contributed by atoms with E-state index in [1.807, 2.05) is 0 Å². The average molecular weight is 561 g/mol. The zero-order chi connectivity index (χ0) is 25.8. The molecule has 182 valence electrons. The summed E-state index contributed by atoms with van der Waals surface area (Å²) in [5.41, 5.74) is -0.413. The van der Waals surface area contributed by atoms with Gasteiger partial charge in [-0.3, -0.25) is 9.11 Å². The van der Waals surface area contributed by atoms with Crippen molar-refractivity contribution >= 4 is 63.3 Å². The predicted octanol–water partition coefficient (Wildman–Crippen LogP) is 0.515. The fourth-order valence-electron chi connectivity index (χ4n) is 3.45. The minimum absolute atomic E-state index is 0. The van der Waals surface area contributed by atoms with Gasteiger partial charge in [0.2, 0.25) is 0 Å². The van der Waals surface area contributed by atoms with Crippen molar-refractivity contribution in [3.05, 3.63) is 60.7 Å². The third-order valence-electron chi connectivity index (χ3n) is 4.99. The molecule has 0 aliphatic rings. The van der Waals surface area contributed by atoms with Crippen LogP contribution in [0.3, 0.4) is 0 Å². The number of fused-ring (bicyclic) bond motifs is 2. The molecule has 0 spiro atoms. The Labute approximate surface area is 226 Å². The summed E-state index contributed by atoms with van der Waals surface area (Å²) < 4.78 is 100.0. The minimum Gasteiger partial charge on any atom is -0.744 e. The summed E-state index contributed by atoms with van der Waals surface area (Å²) in [6, 6.07) is 11.9. The monoisotopic (exact) mass is 560 g/mol. The van der Waals surface area contributed by atoms with E-state index in [-0.39, 0.29) is 61.7 Å². The molecule has 0 aliphatic heterocycles. The molecule has 0 saturated carbocycles. The van der Waals surface area contributed by atoms with Gasteiger partial charge in [-0.15, -0.1) is 10.2 Å². The molecule has 0 saturated heterocycles. The maximum atomic E-state index is 11.8. The van der Waals surface area contributed by atoms with E-state index in [0.717, 1.165) is 30.3 Å². The van der Waals surface area contributed by atoms with E-state index >= 15 is 0 Å². The molecule has 3 N–H and O–H groups in total. The van der Waals surface area contributed by atoms with E-state index in [1.54, 1.807) is 6.07 Å². The number of rotatable bonds is 5. The van der Waals surface area contributed by atoms with E-state index in [1.165, 1.54) is 24.3 Å². The summed E-state index contributed by atoms with van der Waals surface area (Å²) in [5.74, 6) is -1.000. The number of hydrogen-bond donors (Lipinski definition) is 3. The number of phenolic OH excluding ortho intramolecular Hbond substituents is 1. The van der Waals surface area contributed by atoms with E-state index in [2.05, 4.69) is 10.2 Å². The first-order chi connectivity index (χ1) is 16.2. The van der Waals surface area contributed by atoms with Gasteiger partial charge < -0.3 is 9.66 Å². The van der Waals surface area contributed by atoms with E-state index in [9.17, 15) is 44.0 Å². The van der Waals surface area contributed by atoms with Gasteiger partial charge >= 0.3 is 29.6 Å². The molecule has 0 bridgehead atoms. The van der Waals surface area contributed by atoms with Gasteiger partial charge in [0.15, 0.2) is 5.75 Å². The van der Waals surface area contributed by atoms with Gasteiger partial charge in [0.05, 0.1) is 10.6 Å². The van der Waals surface area contributed by atoms with Crippen LogP contribution < -0.4 is 29.6 Å². The van der Waals surface area contributed by atoms with Gasteiger partial charge in [-0.2, -0.15) is 16.8 Å². The molecule has 0 aliphatic carbocycles. The van der Waals surface area contributed by atoms with Crippen molar-refractivity contribution in [2.75, 3.05) is 0 Å². The van der Waals surface area contributed by atoms with Crippen LogP contribution >= 0.6 is 0 Å². The molecule has 0 amide bonds. The summed E-state index contributed by atoms with van der Waals surface area (Å²) in [6.07, 6.45) is 0. The first-order valence-corrected chi connectivity index (χ1v) is 13.6. The van der Waals surface area contributed by atoms with Gasteiger partial charge in [-0.25, -0.2) is 8.42 Å². The maximum Gasteiger partial charge on any atom is 1.00 e. The second-order valence-electron chi connectivity index (χ2n) is 7.19. The molecular formula is C20H13N2NaO10S3. The smallest absolute Gasteiger partial charge is 0.744 e. The van der Waals surface area contributed by atoms with Crippen molar-refractivity contribution in [2.45, 2.75) is 14.7 Å². The van der Waals surface area contributed by atoms with Crippen molar-refractivity contribution in [1.29, 1.82) is 0 Å². The molecule has 0 unspecified atom stereocenters. The molecular weight excluding hydrogens is 547 g/mol. The maximum absolute atomic E-state index is 11.8. The van der Waals surface area contributed by atoms with E-state index in [0.29, 0.717) is 0 Å². The molecule has 0 atom stereocenters. The first-order valence-electron chi connectivity index (χ1n) is 9.32. The van der Waals surface area contributed by atoms with Crippen molar-refractivity contribution in [2.24, 2.45) is 10.2 Å². The van der Waals surface area contributed by atoms with Crippen molar-refractivity contribution < 1.29 is 73.6 Å². The third kappa shape index (κ3) is 5.44. The molecule has 0 fully saturated rings. The van der Waals surface area contributed by atoms with Gasteiger partial charge in [0, 0.05) is 16.2 Å². The molecule has 36 heavy (non-hydrogen) atoms. The second-order valence-corrected chi connectivity index (χ2v) is 11.3. The van der Waals surface area contributed by atoms with Crippen molar-refractivity contribution in [3.8, 4) is 5.75 Å². The Morgan fingerprint density at radius 3 is 1.89 bits per heavy atom. The van der Waals surface area contributed by atoms with Crippen LogP contribution in [0.25, 0.3) is 21.5 Å². The standard InChI is InChI=1S/C20H14N2O10S3.Na/c23-20-18(35(30,31)32)10-11-9-12(33(24,25)26)5-6-13(11)19(20)22-21-16-7-8-17(34(27,28)29)15-4-2-1-3-14(15)16;/h1-10,23H,(H,24,25,26)(H,27,28,29)(H,30,31,32);/q;+1/p-1. The number of benzene rings is 4. The predicted molar refractivity (Wildman–Crippen MR) is 121 cm³/mol.